The van der Waals surface area contributed by atoms with E-state index in [2.05, 4.69) is 20.5 Å². The van der Waals surface area contributed by atoms with E-state index < -0.39 is 0 Å². The third kappa shape index (κ3) is 2.41. The average molecular weight is 218 g/mol. The summed E-state index contributed by atoms with van der Waals surface area (Å²) in [5.74, 6) is 5.52. The molecule has 2 rings (SSSR count). The first kappa shape index (κ1) is 10.7. The Bertz CT molecular complexity index is 438. The van der Waals surface area contributed by atoms with Crippen molar-refractivity contribution in [3.8, 4) is 0 Å². The second-order valence-electron chi connectivity index (χ2n) is 3.58. The first-order chi connectivity index (χ1) is 7.79. The number of hydrazine groups is 1. The molecule has 0 saturated heterocycles. The molecule has 1 unspecified atom stereocenters. The molecule has 0 saturated carbocycles. The molecular weight excluding hydrogens is 204 g/mol. The Kier molecular flexibility index (Phi) is 3.23. The first-order valence-corrected chi connectivity index (χ1v) is 4.99. The number of hydrogen-bond acceptors (Lipinski definition) is 5. The number of aryl methyl sites for hydroxylation is 1. The van der Waals surface area contributed by atoms with Gasteiger partial charge in [-0.2, -0.15) is 5.10 Å². The van der Waals surface area contributed by atoms with Gasteiger partial charge in [0.25, 0.3) is 0 Å². The molecule has 2 heterocycles. The minimum absolute atomic E-state index is 0.0175. The smallest absolute Gasteiger partial charge is 0.115 e. The Labute approximate surface area is 93.5 Å². The van der Waals surface area contributed by atoms with Crippen molar-refractivity contribution in [3.63, 3.8) is 0 Å². The Balaban J connectivity index is 2.12. The van der Waals surface area contributed by atoms with E-state index >= 15 is 0 Å². The third-order valence-corrected chi connectivity index (χ3v) is 2.37. The van der Waals surface area contributed by atoms with Crippen LogP contribution in [0.2, 0.25) is 0 Å². The highest BCUT2D eigenvalue weighted by Gasteiger charge is 2.12. The molecule has 0 bridgehead atoms. The van der Waals surface area contributed by atoms with Crippen molar-refractivity contribution in [2.75, 3.05) is 0 Å². The van der Waals surface area contributed by atoms with E-state index in [9.17, 15) is 0 Å². The topological polar surface area (TPSA) is 81.7 Å². The maximum Gasteiger partial charge on any atom is 0.115 e. The number of nitrogens with zero attached hydrogens (tertiary/aromatic N) is 4. The Morgan fingerprint density at radius 2 is 2.19 bits per heavy atom. The SMILES string of the molecule is Cn1ccc(CC(NN)c2cncnc2)n1. The summed E-state index contributed by atoms with van der Waals surface area (Å²) in [5.41, 5.74) is 4.68. The molecule has 3 N–H and O–H groups in total. The van der Waals surface area contributed by atoms with Gasteiger partial charge >= 0.3 is 0 Å². The molecule has 2 aromatic rings. The van der Waals surface area contributed by atoms with Crippen LogP contribution in [-0.2, 0) is 13.5 Å². The van der Waals surface area contributed by atoms with Gasteiger partial charge in [-0.05, 0) is 6.07 Å². The van der Waals surface area contributed by atoms with Gasteiger partial charge in [0, 0.05) is 37.6 Å². The van der Waals surface area contributed by atoms with E-state index in [0.29, 0.717) is 6.42 Å². The van der Waals surface area contributed by atoms with Gasteiger partial charge in [-0.15, -0.1) is 0 Å². The number of hydrogen-bond donors (Lipinski definition) is 2. The van der Waals surface area contributed by atoms with Crippen molar-refractivity contribution in [2.45, 2.75) is 12.5 Å². The summed E-state index contributed by atoms with van der Waals surface area (Å²) in [5, 5.41) is 4.30. The highest BCUT2D eigenvalue weighted by atomic mass is 15.3. The van der Waals surface area contributed by atoms with E-state index in [1.165, 1.54) is 6.33 Å². The van der Waals surface area contributed by atoms with Crippen LogP contribution in [0.4, 0.5) is 0 Å². The number of aromatic nitrogens is 4. The summed E-state index contributed by atoms with van der Waals surface area (Å²) in [4.78, 5) is 7.94. The fourth-order valence-corrected chi connectivity index (χ4v) is 1.54. The maximum atomic E-state index is 5.52. The highest BCUT2D eigenvalue weighted by Crippen LogP contribution is 2.14. The van der Waals surface area contributed by atoms with Crippen LogP contribution in [0.15, 0.2) is 31.0 Å². The Hall–Kier alpha value is -1.79. The van der Waals surface area contributed by atoms with Crippen LogP contribution >= 0.6 is 0 Å². The van der Waals surface area contributed by atoms with Crippen molar-refractivity contribution in [2.24, 2.45) is 12.9 Å². The quantitative estimate of drug-likeness (QED) is 0.555. The zero-order valence-electron chi connectivity index (χ0n) is 9.04. The van der Waals surface area contributed by atoms with E-state index in [0.717, 1.165) is 11.3 Å². The fraction of sp³-hybridized carbons (Fsp3) is 0.300. The zero-order valence-corrected chi connectivity index (χ0v) is 9.04. The first-order valence-electron chi connectivity index (χ1n) is 4.99. The molecule has 6 nitrogen and oxygen atoms in total. The average Bonchev–Trinajstić information content (AvgIpc) is 2.73. The van der Waals surface area contributed by atoms with Gasteiger partial charge in [0.05, 0.1) is 11.7 Å². The molecule has 84 valence electrons. The van der Waals surface area contributed by atoms with Gasteiger partial charge in [-0.3, -0.25) is 16.0 Å². The number of rotatable bonds is 4. The summed E-state index contributed by atoms with van der Waals surface area (Å²) >= 11 is 0. The van der Waals surface area contributed by atoms with Gasteiger partial charge in [-0.25, -0.2) is 9.97 Å². The van der Waals surface area contributed by atoms with Crippen molar-refractivity contribution in [1.29, 1.82) is 0 Å². The highest BCUT2D eigenvalue weighted by molar-refractivity contribution is 5.13. The molecule has 16 heavy (non-hydrogen) atoms. The van der Waals surface area contributed by atoms with E-state index in [-0.39, 0.29) is 6.04 Å². The predicted molar refractivity (Wildman–Crippen MR) is 59.0 cm³/mol. The predicted octanol–water partition coefficient (Wildman–Crippen LogP) is -0.0428. The van der Waals surface area contributed by atoms with Gasteiger partial charge in [-0.1, -0.05) is 0 Å². The number of nitrogens with two attached hydrogens (primary N) is 1. The van der Waals surface area contributed by atoms with Crippen molar-refractivity contribution in [1.82, 2.24) is 25.2 Å². The van der Waals surface area contributed by atoms with E-state index in [4.69, 9.17) is 5.84 Å². The summed E-state index contributed by atoms with van der Waals surface area (Å²) < 4.78 is 1.77. The van der Waals surface area contributed by atoms with Crippen molar-refractivity contribution < 1.29 is 0 Å². The molecule has 6 heteroatoms. The molecule has 2 aromatic heterocycles. The van der Waals surface area contributed by atoms with Crippen LogP contribution in [0, 0.1) is 0 Å². The molecule has 0 aliphatic heterocycles. The molecule has 0 fully saturated rings. The normalized spacial score (nSPS) is 12.6. The second-order valence-corrected chi connectivity index (χ2v) is 3.58. The van der Waals surface area contributed by atoms with E-state index in [1.807, 2.05) is 19.3 Å². The molecule has 0 aromatic carbocycles. The third-order valence-electron chi connectivity index (χ3n) is 2.37. The molecule has 0 aliphatic rings. The van der Waals surface area contributed by atoms with Crippen LogP contribution in [-0.4, -0.2) is 19.7 Å². The Morgan fingerprint density at radius 1 is 1.44 bits per heavy atom. The minimum atomic E-state index is -0.0175. The minimum Gasteiger partial charge on any atom is -0.276 e. The number of nitrogens with one attached hydrogen (secondary N) is 1. The zero-order chi connectivity index (χ0) is 11.4. The lowest BCUT2D eigenvalue weighted by atomic mass is 10.1. The van der Waals surface area contributed by atoms with Gasteiger partial charge in [0.2, 0.25) is 0 Å². The second kappa shape index (κ2) is 4.82. The van der Waals surface area contributed by atoms with Crippen LogP contribution in [0.1, 0.15) is 17.3 Å². The summed E-state index contributed by atoms with van der Waals surface area (Å²) in [7, 11) is 1.89. The largest absolute Gasteiger partial charge is 0.276 e. The summed E-state index contributed by atoms with van der Waals surface area (Å²) in [6.45, 7) is 0. The molecule has 0 amide bonds. The lowest BCUT2D eigenvalue weighted by molar-refractivity contribution is 0.538. The lowest BCUT2D eigenvalue weighted by Gasteiger charge is -2.13. The van der Waals surface area contributed by atoms with Crippen LogP contribution in [0.5, 0.6) is 0 Å². The lowest BCUT2D eigenvalue weighted by Crippen LogP contribution is -2.29. The van der Waals surface area contributed by atoms with Crippen molar-refractivity contribution in [3.05, 3.63) is 42.2 Å². The van der Waals surface area contributed by atoms with E-state index in [1.54, 1.807) is 17.1 Å². The molecule has 0 spiro atoms. The van der Waals surface area contributed by atoms with Gasteiger partial charge < -0.3 is 0 Å². The summed E-state index contributed by atoms with van der Waals surface area (Å²) in [6.07, 6.45) is 7.62. The van der Waals surface area contributed by atoms with Crippen LogP contribution in [0.3, 0.4) is 0 Å². The van der Waals surface area contributed by atoms with Crippen LogP contribution in [0.25, 0.3) is 0 Å². The standard InChI is InChI=1S/C10H14N6/c1-16-3-2-9(15-16)4-10(14-11)8-5-12-7-13-6-8/h2-3,5-7,10,14H,4,11H2,1H3. The Morgan fingerprint density at radius 3 is 2.75 bits per heavy atom. The fourth-order valence-electron chi connectivity index (χ4n) is 1.54. The molecule has 0 aliphatic carbocycles. The molecule has 0 radical (unpaired) electrons. The molecule has 1 atom stereocenters. The maximum absolute atomic E-state index is 5.52. The summed E-state index contributed by atoms with van der Waals surface area (Å²) in [6, 6.07) is 1.95. The molecular formula is C10H14N6. The monoisotopic (exact) mass is 218 g/mol. The van der Waals surface area contributed by atoms with Gasteiger partial charge in [0.15, 0.2) is 0 Å². The van der Waals surface area contributed by atoms with Gasteiger partial charge in [0.1, 0.15) is 6.33 Å². The van der Waals surface area contributed by atoms with Crippen molar-refractivity contribution >= 4 is 0 Å². The van der Waals surface area contributed by atoms with Crippen LogP contribution < -0.4 is 11.3 Å².